The van der Waals surface area contributed by atoms with E-state index >= 15 is 0 Å². The van der Waals surface area contributed by atoms with Crippen LogP contribution >= 0.6 is 34.8 Å². The molecule has 0 saturated heterocycles. The third-order valence-corrected chi connectivity index (χ3v) is 6.72. The van der Waals surface area contributed by atoms with Crippen molar-refractivity contribution in [2.45, 2.75) is 11.4 Å². The first-order chi connectivity index (χ1) is 14.3. The molecule has 5 nitrogen and oxygen atoms in total. The summed E-state index contributed by atoms with van der Waals surface area (Å²) < 4.78 is 27.5. The predicted molar refractivity (Wildman–Crippen MR) is 121 cm³/mol. The van der Waals surface area contributed by atoms with Gasteiger partial charge in [0.2, 0.25) is 5.91 Å². The second-order valence-corrected chi connectivity index (χ2v) is 9.52. The van der Waals surface area contributed by atoms with Gasteiger partial charge < -0.3 is 5.32 Å². The number of nitrogens with one attached hydrogen (secondary N) is 1. The Labute approximate surface area is 190 Å². The Kier molecular flexibility index (Phi) is 7.26. The van der Waals surface area contributed by atoms with E-state index in [1.807, 2.05) is 0 Å². The van der Waals surface area contributed by atoms with E-state index < -0.39 is 22.5 Å². The van der Waals surface area contributed by atoms with Crippen LogP contribution in [0.4, 0.5) is 5.69 Å². The van der Waals surface area contributed by atoms with E-state index in [0.29, 0.717) is 15.1 Å². The summed E-state index contributed by atoms with van der Waals surface area (Å²) in [6.07, 6.45) is 0. The molecule has 0 spiro atoms. The Bertz CT molecular complexity index is 1130. The molecule has 0 fully saturated rings. The molecule has 3 rings (SSSR count). The van der Waals surface area contributed by atoms with Crippen molar-refractivity contribution in [3.8, 4) is 0 Å². The Morgan fingerprint density at radius 2 is 1.43 bits per heavy atom. The average Bonchev–Trinajstić information content (AvgIpc) is 2.72. The van der Waals surface area contributed by atoms with E-state index in [0.717, 1.165) is 9.87 Å². The molecule has 3 aromatic rings. The summed E-state index contributed by atoms with van der Waals surface area (Å²) in [7, 11) is -4.03. The Balaban J connectivity index is 1.85. The van der Waals surface area contributed by atoms with Crippen LogP contribution in [0.3, 0.4) is 0 Å². The number of hydrogen-bond donors (Lipinski definition) is 1. The normalized spacial score (nSPS) is 11.2. The monoisotopic (exact) mass is 482 g/mol. The standard InChI is InChI=1S/C21H17Cl3N2O3S/c22-16-6-4-15(5-7-16)13-25-21(27)14-26(19-3-1-2-18(24)12-19)30(28,29)20-10-8-17(23)9-11-20/h1-12H,13-14H2,(H,25,27). The van der Waals surface area contributed by atoms with Gasteiger partial charge in [0.1, 0.15) is 6.54 Å². The molecule has 1 amide bonds. The lowest BCUT2D eigenvalue weighted by Gasteiger charge is -2.24. The largest absolute Gasteiger partial charge is 0.350 e. The zero-order chi connectivity index (χ0) is 21.7. The van der Waals surface area contributed by atoms with Crippen LogP contribution in [0, 0.1) is 0 Å². The lowest BCUT2D eigenvalue weighted by atomic mass is 10.2. The molecular formula is C21H17Cl3N2O3S. The summed E-state index contributed by atoms with van der Waals surface area (Å²) in [5.41, 5.74) is 1.11. The van der Waals surface area contributed by atoms with Crippen molar-refractivity contribution in [2.75, 3.05) is 10.8 Å². The molecule has 0 aromatic heterocycles. The molecule has 0 radical (unpaired) electrons. The number of sulfonamides is 1. The number of carbonyl (C=O) groups excluding carboxylic acids is 1. The van der Waals surface area contributed by atoms with Crippen molar-refractivity contribution >= 4 is 56.4 Å². The number of anilines is 1. The Hall–Kier alpha value is -2.25. The van der Waals surface area contributed by atoms with Gasteiger partial charge in [0.15, 0.2) is 0 Å². The summed E-state index contributed by atoms with van der Waals surface area (Å²) in [6, 6.07) is 19.0. The molecule has 3 aromatic carbocycles. The van der Waals surface area contributed by atoms with Gasteiger partial charge in [-0.15, -0.1) is 0 Å². The van der Waals surface area contributed by atoms with Gasteiger partial charge in [0.05, 0.1) is 10.6 Å². The van der Waals surface area contributed by atoms with Gasteiger partial charge in [0, 0.05) is 21.6 Å². The van der Waals surface area contributed by atoms with Gasteiger partial charge in [0.25, 0.3) is 10.0 Å². The minimum atomic E-state index is -4.03. The molecule has 0 unspecified atom stereocenters. The molecular weight excluding hydrogens is 467 g/mol. The zero-order valence-electron chi connectivity index (χ0n) is 15.6. The van der Waals surface area contributed by atoms with Crippen molar-refractivity contribution in [1.29, 1.82) is 0 Å². The van der Waals surface area contributed by atoms with E-state index in [1.54, 1.807) is 42.5 Å². The molecule has 0 aliphatic heterocycles. The summed E-state index contributed by atoms with van der Waals surface area (Å²) >= 11 is 17.8. The third-order valence-electron chi connectivity index (χ3n) is 4.19. The molecule has 9 heteroatoms. The highest BCUT2D eigenvalue weighted by atomic mass is 35.5. The first kappa shape index (κ1) is 22.4. The maximum Gasteiger partial charge on any atom is 0.264 e. The maximum atomic E-state index is 13.2. The molecule has 0 aliphatic carbocycles. The molecule has 1 N–H and O–H groups in total. The predicted octanol–water partition coefficient (Wildman–Crippen LogP) is 5.16. The summed E-state index contributed by atoms with van der Waals surface area (Å²) in [5.74, 6) is -0.470. The topological polar surface area (TPSA) is 66.5 Å². The van der Waals surface area contributed by atoms with Crippen molar-refractivity contribution in [2.24, 2.45) is 0 Å². The third kappa shape index (κ3) is 5.67. The minimum Gasteiger partial charge on any atom is -0.350 e. The molecule has 0 atom stereocenters. The van der Waals surface area contributed by atoms with Gasteiger partial charge in [-0.1, -0.05) is 53.0 Å². The van der Waals surface area contributed by atoms with Crippen molar-refractivity contribution in [3.05, 3.63) is 93.4 Å². The smallest absolute Gasteiger partial charge is 0.264 e. The number of benzene rings is 3. The van der Waals surface area contributed by atoms with Gasteiger partial charge in [-0.3, -0.25) is 9.10 Å². The van der Waals surface area contributed by atoms with E-state index in [-0.39, 0.29) is 17.1 Å². The Morgan fingerprint density at radius 1 is 0.833 bits per heavy atom. The zero-order valence-corrected chi connectivity index (χ0v) is 18.6. The lowest BCUT2D eigenvalue weighted by molar-refractivity contribution is -0.119. The van der Waals surface area contributed by atoms with E-state index in [4.69, 9.17) is 34.8 Å². The van der Waals surface area contributed by atoms with Crippen LogP contribution in [0.1, 0.15) is 5.56 Å². The van der Waals surface area contributed by atoms with Crippen LogP contribution in [0.15, 0.2) is 77.7 Å². The van der Waals surface area contributed by atoms with Crippen LogP contribution < -0.4 is 9.62 Å². The van der Waals surface area contributed by atoms with Crippen molar-refractivity contribution in [1.82, 2.24) is 5.32 Å². The highest BCUT2D eigenvalue weighted by Gasteiger charge is 2.27. The van der Waals surface area contributed by atoms with E-state index in [1.165, 1.54) is 30.3 Å². The van der Waals surface area contributed by atoms with Gasteiger partial charge in [-0.05, 0) is 60.2 Å². The van der Waals surface area contributed by atoms with Gasteiger partial charge >= 0.3 is 0 Å². The quantitative estimate of drug-likeness (QED) is 0.505. The molecule has 0 heterocycles. The number of halogens is 3. The average molecular weight is 484 g/mol. The van der Waals surface area contributed by atoms with Crippen LogP contribution in [0.25, 0.3) is 0 Å². The van der Waals surface area contributed by atoms with Crippen molar-refractivity contribution in [3.63, 3.8) is 0 Å². The number of rotatable bonds is 7. The molecule has 0 bridgehead atoms. The fraction of sp³-hybridized carbons (Fsp3) is 0.0952. The summed E-state index contributed by atoms with van der Waals surface area (Å²) in [4.78, 5) is 12.6. The van der Waals surface area contributed by atoms with Crippen LogP contribution in [-0.2, 0) is 21.4 Å². The van der Waals surface area contributed by atoms with Crippen LogP contribution in [-0.4, -0.2) is 20.9 Å². The number of carbonyl (C=O) groups is 1. The fourth-order valence-corrected chi connectivity index (χ4v) is 4.52. The Morgan fingerprint density at radius 3 is 2.03 bits per heavy atom. The summed E-state index contributed by atoms with van der Waals surface area (Å²) in [5, 5.41) is 4.07. The SMILES string of the molecule is O=C(CN(c1cccc(Cl)c1)S(=O)(=O)c1ccc(Cl)cc1)NCc1ccc(Cl)cc1. The van der Waals surface area contributed by atoms with Crippen molar-refractivity contribution < 1.29 is 13.2 Å². The number of hydrogen-bond acceptors (Lipinski definition) is 3. The van der Waals surface area contributed by atoms with Crippen LogP contribution in [0.5, 0.6) is 0 Å². The fourth-order valence-electron chi connectivity index (χ4n) is 2.67. The molecule has 0 saturated carbocycles. The number of nitrogens with zero attached hydrogens (tertiary/aromatic N) is 1. The molecule has 156 valence electrons. The van der Waals surface area contributed by atoms with E-state index in [9.17, 15) is 13.2 Å². The first-order valence-electron chi connectivity index (χ1n) is 8.81. The first-order valence-corrected chi connectivity index (χ1v) is 11.4. The van der Waals surface area contributed by atoms with Crippen LogP contribution in [0.2, 0.25) is 15.1 Å². The second-order valence-electron chi connectivity index (χ2n) is 6.35. The molecule has 30 heavy (non-hydrogen) atoms. The number of amides is 1. The van der Waals surface area contributed by atoms with Gasteiger partial charge in [-0.2, -0.15) is 0 Å². The highest BCUT2D eigenvalue weighted by molar-refractivity contribution is 7.92. The van der Waals surface area contributed by atoms with Gasteiger partial charge in [-0.25, -0.2) is 8.42 Å². The highest BCUT2D eigenvalue weighted by Crippen LogP contribution is 2.26. The lowest BCUT2D eigenvalue weighted by Crippen LogP contribution is -2.40. The minimum absolute atomic E-state index is 0.0115. The molecule has 0 aliphatic rings. The second kappa shape index (κ2) is 9.71. The maximum absolute atomic E-state index is 13.2. The summed E-state index contributed by atoms with van der Waals surface area (Å²) in [6.45, 7) is -0.181. The van der Waals surface area contributed by atoms with E-state index in [2.05, 4.69) is 5.32 Å².